The maximum atomic E-state index is 13.2. The van der Waals surface area contributed by atoms with Crippen molar-refractivity contribution in [3.8, 4) is 0 Å². The molecule has 24 heavy (non-hydrogen) atoms. The van der Waals surface area contributed by atoms with E-state index in [0.29, 0.717) is 34.4 Å². The van der Waals surface area contributed by atoms with Gasteiger partial charge in [0.1, 0.15) is 0 Å². The highest BCUT2D eigenvalue weighted by Gasteiger charge is 2.39. The van der Waals surface area contributed by atoms with Crippen molar-refractivity contribution in [3.05, 3.63) is 27.7 Å². The van der Waals surface area contributed by atoms with E-state index in [1.807, 2.05) is 11.0 Å². The average Bonchev–Trinajstić information content (AvgIpc) is 3.09. The van der Waals surface area contributed by atoms with Gasteiger partial charge < -0.3 is 4.90 Å². The SMILES string of the molecule is Cn1[nH]c(=O)c2c(C(=O)N3C[C@H]4CCC[C@@H]4C3)cc(C3CC3)nc21. The van der Waals surface area contributed by atoms with Gasteiger partial charge in [-0.1, -0.05) is 6.42 Å². The first kappa shape index (κ1) is 14.3. The predicted octanol–water partition coefficient (Wildman–Crippen LogP) is 2.01. The summed E-state index contributed by atoms with van der Waals surface area (Å²) in [7, 11) is 1.78. The third-order valence-corrected chi connectivity index (χ3v) is 6.07. The van der Waals surface area contributed by atoms with Gasteiger partial charge in [-0.3, -0.25) is 19.4 Å². The van der Waals surface area contributed by atoms with Gasteiger partial charge >= 0.3 is 0 Å². The van der Waals surface area contributed by atoms with Crippen LogP contribution < -0.4 is 5.56 Å². The van der Waals surface area contributed by atoms with Crippen molar-refractivity contribution in [2.24, 2.45) is 18.9 Å². The van der Waals surface area contributed by atoms with Gasteiger partial charge in [-0.25, -0.2) is 4.98 Å². The number of carbonyl (C=O) groups is 1. The lowest BCUT2D eigenvalue weighted by atomic mass is 10.0. The highest BCUT2D eigenvalue weighted by atomic mass is 16.2. The molecule has 0 radical (unpaired) electrons. The van der Waals surface area contributed by atoms with Gasteiger partial charge in [-0.05, 0) is 43.6 Å². The van der Waals surface area contributed by atoms with E-state index in [2.05, 4.69) is 10.1 Å². The topological polar surface area (TPSA) is 71.0 Å². The molecule has 0 bridgehead atoms. The largest absolute Gasteiger partial charge is 0.338 e. The third-order valence-electron chi connectivity index (χ3n) is 6.07. The Hall–Kier alpha value is -2.11. The van der Waals surface area contributed by atoms with E-state index in [1.54, 1.807) is 11.7 Å². The van der Waals surface area contributed by atoms with Crippen LogP contribution in [0.25, 0.3) is 11.0 Å². The van der Waals surface area contributed by atoms with Gasteiger partial charge in [-0.15, -0.1) is 0 Å². The minimum atomic E-state index is -0.218. The number of aromatic nitrogens is 3. The Kier molecular flexibility index (Phi) is 2.94. The van der Waals surface area contributed by atoms with Crippen LogP contribution in [0.4, 0.5) is 0 Å². The number of hydrogen-bond acceptors (Lipinski definition) is 3. The molecule has 2 aliphatic carbocycles. The van der Waals surface area contributed by atoms with Crippen LogP contribution in [0.2, 0.25) is 0 Å². The molecule has 5 rings (SSSR count). The fourth-order valence-corrected chi connectivity index (χ4v) is 4.61. The van der Waals surface area contributed by atoms with Crippen LogP contribution in [0.5, 0.6) is 0 Å². The smallest absolute Gasteiger partial charge is 0.274 e. The number of amides is 1. The van der Waals surface area contributed by atoms with Crippen LogP contribution in [0.1, 0.15) is 54.1 Å². The molecule has 1 aliphatic heterocycles. The van der Waals surface area contributed by atoms with Crippen LogP contribution in [0.3, 0.4) is 0 Å². The molecule has 2 atom stereocenters. The minimum absolute atomic E-state index is 0.00963. The second-order valence-corrected chi connectivity index (χ2v) is 7.73. The Morgan fingerprint density at radius 3 is 2.58 bits per heavy atom. The van der Waals surface area contributed by atoms with Crippen molar-refractivity contribution in [3.63, 3.8) is 0 Å². The van der Waals surface area contributed by atoms with Crippen molar-refractivity contribution in [1.29, 1.82) is 0 Å². The summed E-state index contributed by atoms with van der Waals surface area (Å²) in [5, 5.41) is 3.20. The summed E-state index contributed by atoms with van der Waals surface area (Å²) in [6, 6.07) is 1.88. The Morgan fingerprint density at radius 1 is 1.21 bits per heavy atom. The molecule has 2 aromatic heterocycles. The standard InChI is InChI=1S/C18H22N4O2/c1-21-16-15(17(23)20-21)13(7-14(19-16)10-5-6-10)18(24)22-8-11-3-2-4-12(11)9-22/h7,10-12H,2-6,8-9H2,1H3,(H,20,23)/t11-,12-/m1/s1. The molecule has 1 saturated heterocycles. The Bertz CT molecular complexity index is 880. The molecule has 3 fully saturated rings. The summed E-state index contributed by atoms with van der Waals surface area (Å²) >= 11 is 0. The molecule has 3 aliphatic rings. The number of aromatic amines is 1. The van der Waals surface area contributed by atoms with Crippen LogP contribution in [-0.4, -0.2) is 38.7 Å². The number of nitrogens with one attached hydrogen (secondary N) is 1. The number of carbonyl (C=O) groups excluding carboxylic acids is 1. The van der Waals surface area contributed by atoms with Gasteiger partial charge in [0.25, 0.3) is 11.5 Å². The number of hydrogen-bond donors (Lipinski definition) is 1. The van der Waals surface area contributed by atoms with Gasteiger partial charge in [0.15, 0.2) is 5.65 Å². The molecule has 3 heterocycles. The third kappa shape index (κ3) is 2.05. The molecule has 1 amide bonds. The number of H-pyrrole nitrogens is 1. The number of likely N-dealkylation sites (tertiary alicyclic amines) is 1. The quantitative estimate of drug-likeness (QED) is 0.918. The number of aryl methyl sites for hydroxylation is 1. The van der Waals surface area contributed by atoms with Crippen molar-refractivity contribution in [2.75, 3.05) is 13.1 Å². The second-order valence-electron chi connectivity index (χ2n) is 7.73. The average molecular weight is 326 g/mol. The molecule has 2 aromatic rings. The number of rotatable bonds is 2. The van der Waals surface area contributed by atoms with Gasteiger partial charge in [-0.2, -0.15) is 0 Å². The molecule has 126 valence electrons. The molecule has 6 nitrogen and oxygen atoms in total. The Morgan fingerprint density at radius 2 is 1.92 bits per heavy atom. The first-order valence-corrected chi connectivity index (χ1v) is 9.00. The molecular formula is C18H22N4O2. The molecule has 0 unspecified atom stereocenters. The van der Waals surface area contributed by atoms with Gasteiger partial charge in [0, 0.05) is 31.7 Å². The van der Waals surface area contributed by atoms with Gasteiger partial charge in [0.05, 0.1) is 10.9 Å². The molecule has 0 spiro atoms. The Labute approximate surface area is 139 Å². The first-order valence-electron chi connectivity index (χ1n) is 9.00. The summed E-state index contributed by atoms with van der Waals surface area (Å²) in [6.07, 6.45) is 6.01. The van der Waals surface area contributed by atoms with Gasteiger partial charge in [0.2, 0.25) is 0 Å². The fraction of sp³-hybridized carbons (Fsp3) is 0.611. The van der Waals surface area contributed by atoms with Crippen LogP contribution in [0.15, 0.2) is 10.9 Å². The fourth-order valence-electron chi connectivity index (χ4n) is 4.61. The lowest BCUT2D eigenvalue weighted by Gasteiger charge is -2.18. The van der Waals surface area contributed by atoms with Crippen molar-refractivity contribution in [1.82, 2.24) is 19.7 Å². The van der Waals surface area contributed by atoms with Crippen molar-refractivity contribution >= 4 is 16.9 Å². The molecule has 6 heteroatoms. The van der Waals surface area contributed by atoms with Crippen molar-refractivity contribution < 1.29 is 4.79 Å². The normalized spacial score (nSPS) is 26.3. The summed E-state index contributed by atoms with van der Waals surface area (Å²) < 4.78 is 1.64. The summed E-state index contributed by atoms with van der Waals surface area (Å²) in [4.78, 5) is 32.1. The number of fused-ring (bicyclic) bond motifs is 2. The second kappa shape index (κ2) is 4.94. The van der Waals surface area contributed by atoms with E-state index in [9.17, 15) is 9.59 Å². The molecule has 0 aromatic carbocycles. The Balaban J connectivity index is 1.60. The number of pyridine rings is 1. The summed E-state index contributed by atoms with van der Waals surface area (Å²) in [5.41, 5.74) is 1.89. The van der Waals surface area contributed by atoms with Crippen LogP contribution >= 0.6 is 0 Å². The number of nitrogens with zero attached hydrogens (tertiary/aromatic N) is 3. The summed E-state index contributed by atoms with van der Waals surface area (Å²) in [6.45, 7) is 1.69. The van der Waals surface area contributed by atoms with E-state index < -0.39 is 0 Å². The summed E-state index contributed by atoms with van der Waals surface area (Å²) in [5.74, 6) is 1.77. The molecular weight excluding hydrogens is 304 g/mol. The zero-order valence-corrected chi connectivity index (χ0v) is 13.9. The lowest BCUT2D eigenvalue weighted by molar-refractivity contribution is 0.0782. The zero-order valence-electron chi connectivity index (χ0n) is 13.9. The predicted molar refractivity (Wildman–Crippen MR) is 90.0 cm³/mol. The van der Waals surface area contributed by atoms with Crippen molar-refractivity contribution in [2.45, 2.75) is 38.0 Å². The highest BCUT2D eigenvalue weighted by Crippen LogP contribution is 2.41. The van der Waals surface area contributed by atoms with E-state index >= 15 is 0 Å². The van der Waals surface area contributed by atoms with Crippen LogP contribution in [0, 0.1) is 11.8 Å². The molecule has 2 saturated carbocycles. The zero-order chi connectivity index (χ0) is 16.4. The van der Waals surface area contributed by atoms with E-state index in [1.165, 1.54) is 19.3 Å². The lowest BCUT2D eigenvalue weighted by Crippen LogP contribution is -2.30. The highest BCUT2D eigenvalue weighted by molar-refractivity contribution is 6.05. The van der Waals surface area contributed by atoms with E-state index in [4.69, 9.17) is 0 Å². The van der Waals surface area contributed by atoms with E-state index in [-0.39, 0.29) is 11.5 Å². The minimum Gasteiger partial charge on any atom is -0.338 e. The maximum absolute atomic E-state index is 13.2. The molecule has 1 N–H and O–H groups in total. The van der Waals surface area contributed by atoms with Crippen LogP contribution in [-0.2, 0) is 7.05 Å². The maximum Gasteiger partial charge on any atom is 0.274 e. The van der Waals surface area contributed by atoms with E-state index in [0.717, 1.165) is 31.6 Å². The monoisotopic (exact) mass is 326 g/mol. The first-order chi connectivity index (χ1) is 11.6.